The van der Waals surface area contributed by atoms with Crippen LogP contribution in [0.1, 0.15) is 15.9 Å². The molecule has 0 spiro atoms. The Morgan fingerprint density at radius 3 is 2.39 bits per heavy atom. The Hall–Kier alpha value is -3.75. The van der Waals surface area contributed by atoms with Gasteiger partial charge in [0.2, 0.25) is 0 Å². The maximum Gasteiger partial charge on any atom is 0.252 e. The Morgan fingerprint density at radius 2 is 1.67 bits per heavy atom. The van der Waals surface area contributed by atoms with Gasteiger partial charge in [-0.1, -0.05) is 42.5 Å². The number of nitrogens with two attached hydrogens (primary N) is 1. The second kappa shape index (κ2) is 12.3. The highest BCUT2D eigenvalue weighted by Gasteiger charge is 2.22. The molecular formula is C28H33N3O5. The monoisotopic (exact) mass is 491 g/mol. The summed E-state index contributed by atoms with van der Waals surface area (Å²) in [5.41, 5.74) is 7.89. The van der Waals surface area contributed by atoms with Crippen molar-refractivity contribution in [3.63, 3.8) is 0 Å². The van der Waals surface area contributed by atoms with Crippen molar-refractivity contribution in [3.05, 3.63) is 83.9 Å². The number of amides is 1. The topological polar surface area (TPSA) is 97.5 Å². The zero-order chi connectivity index (χ0) is 25.3. The summed E-state index contributed by atoms with van der Waals surface area (Å²) in [5.74, 6) is 1.10. The lowest BCUT2D eigenvalue weighted by molar-refractivity contribution is 0.0655. The van der Waals surface area contributed by atoms with E-state index in [0.717, 1.165) is 43.2 Å². The summed E-state index contributed by atoms with van der Waals surface area (Å²) in [6.07, 6.45) is -0.711. The molecule has 190 valence electrons. The number of carbonyl (C=O) groups excluding carboxylic acids is 1. The number of carbonyl (C=O) groups is 1. The molecule has 3 aromatic carbocycles. The first kappa shape index (κ1) is 25.3. The zero-order valence-corrected chi connectivity index (χ0v) is 20.5. The van der Waals surface area contributed by atoms with Gasteiger partial charge < -0.3 is 30.0 Å². The molecule has 3 aromatic rings. The van der Waals surface area contributed by atoms with Crippen molar-refractivity contribution < 1.29 is 24.1 Å². The van der Waals surface area contributed by atoms with Crippen LogP contribution in [0.3, 0.4) is 0 Å². The first-order chi connectivity index (χ1) is 17.5. The molecule has 8 heteroatoms. The van der Waals surface area contributed by atoms with E-state index in [0.29, 0.717) is 24.7 Å². The standard InChI is InChI=1S/C28H33N3O5/c1-34-27-10-6-5-9-25(27)31-15-13-30(14-16-31)18-22(32)20-36-26-12-11-23(17-24(26)28(29)33)35-19-21-7-3-2-4-8-21/h2-12,17,22,32H,13-16,18-20H2,1H3,(H2,29,33). The highest BCUT2D eigenvalue weighted by molar-refractivity contribution is 5.96. The van der Waals surface area contributed by atoms with Crippen LogP contribution in [0.25, 0.3) is 0 Å². The number of para-hydroxylation sites is 2. The van der Waals surface area contributed by atoms with Crippen LogP contribution >= 0.6 is 0 Å². The third kappa shape index (κ3) is 6.68. The van der Waals surface area contributed by atoms with Crippen molar-refractivity contribution in [3.8, 4) is 17.2 Å². The number of hydrogen-bond donors (Lipinski definition) is 2. The maximum absolute atomic E-state index is 12.0. The number of anilines is 1. The van der Waals surface area contributed by atoms with Gasteiger partial charge in [-0.3, -0.25) is 9.69 Å². The van der Waals surface area contributed by atoms with Crippen molar-refractivity contribution in [2.24, 2.45) is 5.73 Å². The average molecular weight is 492 g/mol. The number of rotatable bonds is 11. The summed E-state index contributed by atoms with van der Waals surface area (Å²) in [7, 11) is 1.68. The number of methoxy groups -OCH3 is 1. The van der Waals surface area contributed by atoms with Crippen molar-refractivity contribution in [1.29, 1.82) is 0 Å². The van der Waals surface area contributed by atoms with Gasteiger partial charge in [-0.25, -0.2) is 0 Å². The lowest BCUT2D eigenvalue weighted by Gasteiger charge is -2.37. The predicted octanol–water partition coefficient (Wildman–Crippen LogP) is 2.94. The first-order valence-corrected chi connectivity index (χ1v) is 12.0. The molecule has 1 heterocycles. The van der Waals surface area contributed by atoms with E-state index in [-0.39, 0.29) is 12.2 Å². The van der Waals surface area contributed by atoms with Crippen molar-refractivity contribution >= 4 is 11.6 Å². The summed E-state index contributed by atoms with van der Waals surface area (Å²) in [5, 5.41) is 10.6. The Balaban J connectivity index is 1.27. The van der Waals surface area contributed by atoms with Crippen LogP contribution < -0.4 is 24.8 Å². The molecule has 1 unspecified atom stereocenters. The van der Waals surface area contributed by atoms with E-state index in [1.54, 1.807) is 25.3 Å². The molecule has 0 radical (unpaired) electrons. The minimum absolute atomic E-state index is 0.0528. The number of primary amides is 1. The Labute approximate surface area is 211 Å². The number of nitrogens with zero attached hydrogens (tertiary/aromatic N) is 2. The molecule has 1 saturated heterocycles. The smallest absolute Gasteiger partial charge is 0.252 e. The van der Waals surface area contributed by atoms with E-state index in [1.807, 2.05) is 48.5 Å². The molecular weight excluding hydrogens is 458 g/mol. The van der Waals surface area contributed by atoms with Crippen LogP contribution in [0.2, 0.25) is 0 Å². The molecule has 3 N–H and O–H groups in total. The van der Waals surface area contributed by atoms with Gasteiger partial charge in [0.1, 0.15) is 36.6 Å². The van der Waals surface area contributed by atoms with Gasteiger partial charge >= 0.3 is 0 Å². The predicted molar refractivity (Wildman–Crippen MR) is 139 cm³/mol. The molecule has 8 nitrogen and oxygen atoms in total. The second-order valence-electron chi connectivity index (χ2n) is 8.72. The van der Waals surface area contributed by atoms with E-state index in [2.05, 4.69) is 15.9 Å². The van der Waals surface area contributed by atoms with Gasteiger partial charge in [-0.05, 0) is 35.9 Å². The van der Waals surface area contributed by atoms with Crippen molar-refractivity contribution in [1.82, 2.24) is 4.90 Å². The summed E-state index contributed by atoms with van der Waals surface area (Å²) >= 11 is 0. The molecule has 1 atom stereocenters. The zero-order valence-electron chi connectivity index (χ0n) is 20.5. The fraction of sp³-hybridized carbons (Fsp3) is 0.321. The summed E-state index contributed by atoms with van der Waals surface area (Å²) in [6, 6.07) is 22.7. The molecule has 1 fully saturated rings. The Bertz CT molecular complexity index is 1130. The Kier molecular flexibility index (Phi) is 8.65. The SMILES string of the molecule is COc1ccccc1N1CCN(CC(O)COc2ccc(OCc3ccccc3)cc2C(N)=O)CC1. The second-order valence-corrected chi connectivity index (χ2v) is 8.72. The molecule has 4 rings (SSSR count). The number of piperazine rings is 1. The summed E-state index contributed by atoms with van der Waals surface area (Å²) in [6.45, 7) is 4.21. The Morgan fingerprint density at radius 1 is 0.944 bits per heavy atom. The molecule has 0 aliphatic carbocycles. The highest BCUT2D eigenvalue weighted by atomic mass is 16.5. The van der Waals surface area contributed by atoms with Gasteiger partial charge in [0.05, 0.1) is 18.4 Å². The minimum Gasteiger partial charge on any atom is -0.495 e. The number of hydrogen-bond acceptors (Lipinski definition) is 7. The van der Waals surface area contributed by atoms with Crippen molar-refractivity contribution in [2.75, 3.05) is 51.3 Å². The molecule has 0 saturated carbocycles. The normalized spacial score (nSPS) is 14.8. The quantitative estimate of drug-likeness (QED) is 0.426. The molecule has 1 aliphatic heterocycles. The van der Waals surface area contributed by atoms with Crippen molar-refractivity contribution in [2.45, 2.75) is 12.7 Å². The van der Waals surface area contributed by atoms with E-state index < -0.39 is 12.0 Å². The molecule has 1 amide bonds. The number of β-amino-alcohol motifs (C(OH)–C–C–N with tert-alkyl or cyclic N) is 1. The van der Waals surface area contributed by atoms with Crippen LogP contribution in [0.15, 0.2) is 72.8 Å². The fourth-order valence-electron chi connectivity index (χ4n) is 4.26. The minimum atomic E-state index is -0.711. The van der Waals surface area contributed by atoms with E-state index in [9.17, 15) is 9.90 Å². The lowest BCUT2D eigenvalue weighted by Crippen LogP contribution is -2.49. The van der Waals surface area contributed by atoms with Gasteiger partial charge in [0, 0.05) is 32.7 Å². The van der Waals surface area contributed by atoms with Crippen LogP contribution in [0, 0.1) is 0 Å². The van der Waals surface area contributed by atoms with Crippen LogP contribution in [0.4, 0.5) is 5.69 Å². The lowest BCUT2D eigenvalue weighted by atomic mass is 10.1. The van der Waals surface area contributed by atoms with Gasteiger partial charge in [0.15, 0.2) is 0 Å². The highest BCUT2D eigenvalue weighted by Crippen LogP contribution is 2.28. The first-order valence-electron chi connectivity index (χ1n) is 12.0. The van der Waals surface area contributed by atoms with Gasteiger partial charge in [-0.15, -0.1) is 0 Å². The van der Waals surface area contributed by atoms with E-state index in [1.165, 1.54) is 0 Å². The summed E-state index contributed by atoms with van der Waals surface area (Å²) < 4.78 is 17.0. The number of ether oxygens (including phenoxy) is 3. The van der Waals surface area contributed by atoms with E-state index >= 15 is 0 Å². The molecule has 1 aliphatic rings. The maximum atomic E-state index is 12.0. The fourth-order valence-corrected chi connectivity index (χ4v) is 4.26. The van der Waals surface area contributed by atoms with Crippen LogP contribution in [-0.2, 0) is 6.61 Å². The molecule has 36 heavy (non-hydrogen) atoms. The third-order valence-electron chi connectivity index (χ3n) is 6.16. The number of aliphatic hydroxyl groups is 1. The van der Waals surface area contributed by atoms with Crippen LogP contribution in [-0.4, -0.2) is 68.5 Å². The van der Waals surface area contributed by atoms with E-state index in [4.69, 9.17) is 19.9 Å². The average Bonchev–Trinajstić information content (AvgIpc) is 2.92. The molecule has 0 aromatic heterocycles. The largest absolute Gasteiger partial charge is 0.495 e. The van der Waals surface area contributed by atoms with Gasteiger partial charge in [0.25, 0.3) is 5.91 Å². The van der Waals surface area contributed by atoms with Gasteiger partial charge in [-0.2, -0.15) is 0 Å². The third-order valence-corrected chi connectivity index (χ3v) is 6.16. The molecule has 0 bridgehead atoms. The summed E-state index contributed by atoms with van der Waals surface area (Å²) in [4.78, 5) is 16.5. The number of benzene rings is 3. The van der Waals surface area contributed by atoms with Crippen LogP contribution in [0.5, 0.6) is 17.2 Å². The number of aliphatic hydroxyl groups excluding tert-OH is 1.